The highest BCUT2D eigenvalue weighted by molar-refractivity contribution is 7.99. The zero-order chi connectivity index (χ0) is 12.3. The van der Waals surface area contributed by atoms with Crippen LogP contribution in [0.5, 0.6) is 0 Å². The Hall–Kier alpha value is -0.100. The van der Waals surface area contributed by atoms with Gasteiger partial charge < -0.3 is 5.73 Å². The second-order valence-electron chi connectivity index (χ2n) is 4.70. The highest BCUT2D eigenvalue weighted by atomic mass is 32.2. The highest BCUT2D eigenvalue weighted by Gasteiger charge is 2.27. The number of rotatable bonds is 5. The highest BCUT2D eigenvalue weighted by Crippen LogP contribution is 2.28. The van der Waals surface area contributed by atoms with E-state index >= 15 is 0 Å². The van der Waals surface area contributed by atoms with Crippen LogP contribution in [-0.2, 0) is 6.54 Å². The molecule has 2 rings (SSSR count). The van der Waals surface area contributed by atoms with E-state index in [1.807, 2.05) is 0 Å². The van der Waals surface area contributed by atoms with Gasteiger partial charge in [-0.15, -0.1) is 11.3 Å². The molecule has 2 atom stereocenters. The normalized spacial score (nSPS) is 22.2. The van der Waals surface area contributed by atoms with Gasteiger partial charge in [-0.05, 0) is 37.8 Å². The summed E-state index contributed by atoms with van der Waals surface area (Å²) in [5.41, 5.74) is 7.12. The number of aromatic nitrogens is 1. The average Bonchev–Trinajstić information content (AvgIpc) is 2.92. The second kappa shape index (κ2) is 6.18. The minimum absolute atomic E-state index is 0.506. The Balaban J connectivity index is 1.94. The Labute approximate surface area is 112 Å². The largest absolute Gasteiger partial charge is 0.329 e. The molecule has 1 saturated heterocycles. The van der Waals surface area contributed by atoms with Crippen molar-refractivity contribution in [2.75, 3.05) is 25.1 Å². The third-order valence-corrected chi connectivity index (χ3v) is 5.41. The molecule has 17 heavy (non-hydrogen) atoms. The number of aryl methyl sites for hydroxylation is 1. The van der Waals surface area contributed by atoms with Crippen LogP contribution in [0.25, 0.3) is 0 Å². The standard InChI is InChI=1S/C12H21N3S2/c1-9-14-11(8-17-9)6-15(2)12(5-13)10-3-4-16-7-10/h8,10,12H,3-7,13H2,1-2H3. The van der Waals surface area contributed by atoms with E-state index in [0.29, 0.717) is 6.04 Å². The van der Waals surface area contributed by atoms with Crippen molar-refractivity contribution in [1.82, 2.24) is 9.88 Å². The average molecular weight is 271 g/mol. The number of hydrogen-bond donors (Lipinski definition) is 1. The summed E-state index contributed by atoms with van der Waals surface area (Å²) in [5, 5.41) is 3.30. The molecule has 3 nitrogen and oxygen atoms in total. The van der Waals surface area contributed by atoms with Crippen molar-refractivity contribution in [3.05, 3.63) is 16.1 Å². The number of hydrogen-bond acceptors (Lipinski definition) is 5. The van der Waals surface area contributed by atoms with Gasteiger partial charge in [-0.2, -0.15) is 11.8 Å². The number of thioether (sulfide) groups is 1. The number of nitrogens with two attached hydrogens (primary N) is 1. The van der Waals surface area contributed by atoms with Gasteiger partial charge in [0.25, 0.3) is 0 Å². The van der Waals surface area contributed by atoms with Gasteiger partial charge in [0, 0.05) is 24.5 Å². The molecule has 1 aromatic rings. The maximum atomic E-state index is 5.94. The van der Waals surface area contributed by atoms with Crippen LogP contribution in [0.15, 0.2) is 5.38 Å². The molecule has 96 valence electrons. The predicted octanol–water partition coefficient (Wildman–Crippen LogP) is 1.96. The summed E-state index contributed by atoms with van der Waals surface area (Å²) < 4.78 is 0. The van der Waals surface area contributed by atoms with Crippen molar-refractivity contribution in [3.8, 4) is 0 Å². The zero-order valence-electron chi connectivity index (χ0n) is 10.6. The first kappa shape index (κ1) is 13.3. The van der Waals surface area contributed by atoms with Gasteiger partial charge in [-0.3, -0.25) is 4.90 Å². The van der Waals surface area contributed by atoms with Crippen LogP contribution in [-0.4, -0.2) is 41.0 Å². The molecule has 0 spiro atoms. The molecule has 0 radical (unpaired) electrons. The number of nitrogens with zero attached hydrogens (tertiary/aromatic N) is 2. The van der Waals surface area contributed by atoms with E-state index < -0.39 is 0 Å². The van der Waals surface area contributed by atoms with Crippen LogP contribution in [0.3, 0.4) is 0 Å². The van der Waals surface area contributed by atoms with Gasteiger partial charge in [0.15, 0.2) is 0 Å². The van der Waals surface area contributed by atoms with E-state index in [1.54, 1.807) is 11.3 Å². The van der Waals surface area contributed by atoms with E-state index in [9.17, 15) is 0 Å². The van der Waals surface area contributed by atoms with Gasteiger partial charge in [0.05, 0.1) is 10.7 Å². The summed E-state index contributed by atoms with van der Waals surface area (Å²) >= 11 is 3.78. The molecule has 5 heteroatoms. The Morgan fingerprint density at radius 2 is 2.47 bits per heavy atom. The molecular weight excluding hydrogens is 250 g/mol. The molecule has 0 aromatic carbocycles. The minimum Gasteiger partial charge on any atom is -0.329 e. The van der Waals surface area contributed by atoms with Gasteiger partial charge in [0.1, 0.15) is 0 Å². The van der Waals surface area contributed by atoms with Gasteiger partial charge in [-0.25, -0.2) is 4.98 Å². The molecular formula is C12H21N3S2. The van der Waals surface area contributed by atoms with Crippen molar-refractivity contribution in [2.45, 2.75) is 25.9 Å². The molecule has 1 aliphatic heterocycles. The van der Waals surface area contributed by atoms with Crippen molar-refractivity contribution in [1.29, 1.82) is 0 Å². The van der Waals surface area contributed by atoms with Gasteiger partial charge in [0.2, 0.25) is 0 Å². The summed E-state index contributed by atoms with van der Waals surface area (Å²) in [6.45, 7) is 3.74. The number of likely N-dealkylation sites (N-methyl/N-ethyl adjacent to an activating group) is 1. The SMILES string of the molecule is Cc1nc(CN(C)C(CN)C2CCSC2)cs1. The Kier molecular flexibility index (Phi) is 4.85. The van der Waals surface area contributed by atoms with Crippen molar-refractivity contribution in [3.63, 3.8) is 0 Å². The van der Waals surface area contributed by atoms with Crippen LogP contribution < -0.4 is 5.73 Å². The molecule has 0 saturated carbocycles. The van der Waals surface area contributed by atoms with E-state index in [-0.39, 0.29) is 0 Å². The third kappa shape index (κ3) is 3.44. The van der Waals surface area contributed by atoms with Crippen molar-refractivity contribution < 1.29 is 0 Å². The predicted molar refractivity (Wildman–Crippen MR) is 76.6 cm³/mol. The maximum absolute atomic E-state index is 5.94. The van der Waals surface area contributed by atoms with Crippen molar-refractivity contribution in [2.24, 2.45) is 11.7 Å². The van der Waals surface area contributed by atoms with Crippen LogP contribution in [0.2, 0.25) is 0 Å². The zero-order valence-corrected chi connectivity index (χ0v) is 12.2. The Morgan fingerprint density at radius 3 is 3.00 bits per heavy atom. The lowest BCUT2D eigenvalue weighted by atomic mass is 9.98. The van der Waals surface area contributed by atoms with E-state index in [1.165, 1.54) is 23.6 Å². The van der Waals surface area contributed by atoms with E-state index in [2.05, 4.69) is 41.0 Å². The fourth-order valence-corrected chi connectivity index (χ4v) is 4.37. The molecule has 2 heterocycles. The second-order valence-corrected chi connectivity index (χ2v) is 6.91. The van der Waals surface area contributed by atoms with Gasteiger partial charge in [-0.1, -0.05) is 0 Å². The molecule has 0 amide bonds. The Bertz CT molecular complexity index is 347. The first-order valence-electron chi connectivity index (χ1n) is 6.09. The lowest BCUT2D eigenvalue weighted by molar-refractivity contribution is 0.182. The monoisotopic (exact) mass is 271 g/mol. The molecule has 1 aromatic heterocycles. The summed E-state index contributed by atoms with van der Waals surface area (Å²) in [5.74, 6) is 3.32. The minimum atomic E-state index is 0.506. The quantitative estimate of drug-likeness (QED) is 0.889. The molecule has 2 unspecified atom stereocenters. The maximum Gasteiger partial charge on any atom is 0.0897 e. The topological polar surface area (TPSA) is 42.2 Å². The van der Waals surface area contributed by atoms with E-state index in [0.717, 1.165) is 24.0 Å². The summed E-state index contributed by atoms with van der Waals surface area (Å²) in [6, 6.07) is 0.506. The van der Waals surface area contributed by atoms with Crippen LogP contribution >= 0.6 is 23.1 Å². The number of thiazole rings is 1. The third-order valence-electron chi connectivity index (χ3n) is 3.39. The van der Waals surface area contributed by atoms with Crippen LogP contribution in [0, 0.1) is 12.8 Å². The molecule has 2 N–H and O–H groups in total. The Morgan fingerprint density at radius 1 is 1.65 bits per heavy atom. The first-order chi connectivity index (χ1) is 8.20. The van der Waals surface area contributed by atoms with Crippen LogP contribution in [0.4, 0.5) is 0 Å². The molecule has 1 fully saturated rings. The smallest absolute Gasteiger partial charge is 0.0897 e. The van der Waals surface area contributed by atoms with E-state index in [4.69, 9.17) is 5.73 Å². The fraction of sp³-hybridized carbons (Fsp3) is 0.750. The van der Waals surface area contributed by atoms with Gasteiger partial charge >= 0.3 is 0 Å². The molecule has 1 aliphatic rings. The lowest BCUT2D eigenvalue weighted by Gasteiger charge is -2.30. The molecule has 0 bridgehead atoms. The first-order valence-corrected chi connectivity index (χ1v) is 8.13. The fourth-order valence-electron chi connectivity index (χ4n) is 2.44. The lowest BCUT2D eigenvalue weighted by Crippen LogP contribution is -2.43. The summed E-state index contributed by atoms with van der Waals surface area (Å²) in [6.07, 6.45) is 1.31. The van der Waals surface area contributed by atoms with Crippen molar-refractivity contribution >= 4 is 23.1 Å². The summed E-state index contributed by atoms with van der Waals surface area (Å²) in [4.78, 5) is 6.90. The summed E-state index contributed by atoms with van der Waals surface area (Å²) in [7, 11) is 2.18. The van der Waals surface area contributed by atoms with Crippen LogP contribution in [0.1, 0.15) is 17.1 Å². The molecule has 0 aliphatic carbocycles.